The first-order valence-corrected chi connectivity index (χ1v) is 7.60. The molecule has 1 aliphatic heterocycles. The van der Waals surface area contributed by atoms with Crippen LogP contribution in [0.1, 0.15) is 32.3 Å². The Labute approximate surface area is 131 Å². The summed E-state index contributed by atoms with van der Waals surface area (Å²) in [6.07, 6.45) is 3.48. The summed E-state index contributed by atoms with van der Waals surface area (Å²) in [5.41, 5.74) is 7.29. The van der Waals surface area contributed by atoms with Crippen LogP contribution in [0.4, 0.5) is 0 Å². The van der Waals surface area contributed by atoms with Crippen LogP contribution in [0.15, 0.2) is 23.8 Å². The van der Waals surface area contributed by atoms with Crippen LogP contribution in [0.5, 0.6) is 11.5 Å². The predicted molar refractivity (Wildman–Crippen MR) is 87.0 cm³/mol. The molecule has 0 radical (unpaired) electrons. The van der Waals surface area contributed by atoms with E-state index in [1.165, 1.54) is 0 Å². The van der Waals surface area contributed by atoms with Gasteiger partial charge in [0.25, 0.3) is 5.91 Å². The van der Waals surface area contributed by atoms with Crippen LogP contribution in [0.25, 0.3) is 6.08 Å². The Hall–Kier alpha value is -2.01. The van der Waals surface area contributed by atoms with Gasteiger partial charge >= 0.3 is 0 Å². The standard InChI is InChI=1S/C17H24N2O3/c1-4-17(18,5-2)11-19-16(20)13-9-12-7-6-8-14(21-3)15(12)22-10-13/h6-9H,4-5,10-11,18H2,1-3H3,(H,19,20). The molecular formula is C17H24N2O3. The zero-order chi connectivity index (χ0) is 16.2. The molecule has 0 atom stereocenters. The molecule has 3 N–H and O–H groups in total. The van der Waals surface area contributed by atoms with Gasteiger partial charge in [-0.05, 0) is 25.0 Å². The first kappa shape index (κ1) is 16.4. The van der Waals surface area contributed by atoms with Crippen LogP contribution in [0.2, 0.25) is 0 Å². The molecule has 0 unspecified atom stereocenters. The van der Waals surface area contributed by atoms with Gasteiger partial charge in [0.1, 0.15) is 6.61 Å². The number of nitrogens with one attached hydrogen (secondary N) is 1. The SMILES string of the molecule is CCC(N)(CC)CNC(=O)C1=Cc2cccc(OC)c2OC1. The van der Waals surface area contributed by atoms with E-state index in [0.29, 0.717) is 23.6 Å². The number of carbonyl (C=O) groups excluding carboxylic acids is 1. The summed E-state index contributed by atoms with van der Waals surface area (Å²) >= 11 is 0. The summed E-state index contributed by atoms with van der Waals surface area (Å²) in [6, 6.07) is 5.61. The zero-order valence-electron chi connectivity index (χ0n) is 13.4. The third-order valence-electron chi connectivity index (χ3n) is 4.23. The highest BCUT2D eigenvalue weighted by Gasteiger charge is 2.24. The molecule has 0 aromatic heterocycles. The molecule has 1 heterocycles. The Kier molecular flexibility index (Phi) is 5.08. The Bertz CT molecular complexity index is 577. The minimum absolute atomic E-state index is 0.134. The maximum atomic E-state index is 12.3. The average molecular weight is 304 g/mol. The lowest BCUT2D eigenvalue weighted by Crippen LogP contribution is -2.49. The van der Waals surface area contributed by atoms with Gasteiger partial charge in [-0.15, -0.1) is 0 Å². The first-order valence-electron chi connectivity index (χ1n) is 7.60. The van der Waals surface area contributed by atoms with Gasteiger partial charge in [0.05, 0.1) is 12.7 Å². The third-order valence-corrected chi connectivity index (χ3v) is 4.23. The van der Waals surface area contributed by atoms with Gasteiger partial charge in [-0.1, -0.05) is 26.0 Å². The molecule has 0 saturated carbocycles. The van der Waals surface area contributed by atoms with Crippen LogP contribution < -0.4 is 20.5 Å². The van der Waals surface area contributed by atoms with Gasteiger partial charge in [-0.25, -0.2) is 0 Å². The van der Waals surface area contributed by atoms with Crippen molar-refractivity contribution in [3.63, 3.8) is 0 Å². The molecule has 22 heavy (non-hydrogen) atoms. The number of rotatable bonds is 6. The molecule has 0 bridgehead atoms. The van der Waals surface area contributed by atoms with E-state index >= 15 is 0 Å². The van der Waals surface area contributed by atoms with Crippen LogP contribution in [-0.4, -0.2) is 31.7 Å². The second-order valence-corrected chi connectivity index (χ2v) is 5.59. The maximum Gasteiger partial charge on any atom is 0.250 e. The van der Waals surface area contributed by atoms with E-state index in [2.05, 4.69) is 5.32 Å². The molecule has 1 amide bonds. The smallest absolute Gasteiger partial charge is 0.250 e. The van der Waals surface area contributed by atoms with Crippen molar-refractivity contribution < 1.29 is 14.3 Å². The molecule has 0 saturated heterocycles. The van der Waals surface area contributed by atoms with Crippen molar-refractivity contribution in [3.05, 3.63) is 29.3 Å². The number of amides is 1. The van der Waals surface area contributed by atoms with Crippen molar-refractivity contribution >= 4 is 12.0 Å². The van der Waals surface area contributed by atoms with Gasteiger partial charge in [0.15, 0.2) is 11.5 Å². The highest BCUT2D eigenvalue weighted by molar-refractivity contribution is 5.99. The first-order chi connectivity index (χ1) is 10.5. The van der Waals surface area contributed by atoms with E-state index < -0.39 is 0 Å². The Morgan fingerprint density at radius 3 is 2.77 bits per heavy atom. The number of hydrogen-bond acceptors (Lipinski definition) is 4. The highest BCUT2D eigenvalue weighted by Crippen LogP contribution is 2.35. The van der Waals surface area contributed by atoms with E-state index in [1.807, 2.05) is 38.1 Å². The second kappa shape index (κ2) is 6.83. The van der Waals surface area contributed by atoms with E-state index in [1.54, 1.807) is 7.11 Å². The van der Waals surface area contributed by atoms with E-state index in [9.17, 15) is 4.79 Å². The fourth-order valence-corrected chi connectivity index (χ4v) is 2.34. The van der Waals surface area contributed by atoms with Crippen molar-refractivity contribution in [1.29, 1.82) is 0 Å². The fraction of sp³-hybridized carbons (Fsp3) is 0.471. The molecule has 2 rings (SSSR count). The lowest BCUT2D eigenvalue weighted by atomic mass is 9.94. The third kappa shape index (κ3) is 3.42. The largest absolute Gasteiger partial charge is 0.493 e. The molecule has 0 spiro atoms. The average Bonchev–Trinajstić information content (AvgIpc) is 2.58. The molecular weight excluding hydrogens is 280 g/mol. The Balaban J connectivity index is 2.10. The molecule has 1 aromatic rings. The molecule has 5 heteroatoms. The van der Waals surface area contributed by atoms with Crippen LogP contribution in [0, 0.1) is 0 Å². The Morgan fingerprint density at radius 1 is 1.41 bits per heavy atom. The minimum atomic E-state index is -0.354. The number of para-hydroxylation sites is 1. The van der Waals surface area contributed by atoms with Crippen molar-refractivity contribution in [2.24, 2.45) is 5.73 Å². The van der Waals surface area contributed by atoms with Crippen LogP contribution in [0.3, 0.4) is 0 Å². The molecule has 0 fully saturated rings. The molecule has 0 aliphatic carbocycles. The van der Waals surface area contributed by atoms with Gasteiger partial charge in [0, 0.05) is 17.6 Å². The lowest BCUT2D eigenvalue weighted by molar-refractivity contribution is -0.118. The summed E-state index contributed by atoms with van der Waals surface area (Å²) in [4.78, 5) is 12.3. The number of methoxy groups -OCH3 is 1. The molecule has 1 aliphatic rings. The topological polar surface area (TPSA) is 73.6 Å². The summed E-state index contributed by atoms with van der Waals surface area (Å²) in [5, 5.41) is 2.91. The normalized spacial score (nSPS) is 13.7. The van der Waals surface area contributed by atoms with Crippen molar-refractivity contribution in [2.45, 2.75) is 32.2 Å². The minimum Gasteiger partial charge on any atom is -0.493 e. The summed E-state index contributed by atoms with van der Waals surface area (Å²) in [5.74, 6) is 1.22. The van der Waals surface area contributed by atoms with Crippen LogP contribution in [-0.2, 0) is 4.79 Å². The monoisotopic (exact) mass is 304 g/mol. The van der Waals surface area contributed by atoms with Crippen molar-refractivity contribution in [2.75, 3.05) is 20.3 Å². The fourth-order valence-electron chi connectivity index (χ4n) is 2.34. The van der Waals surface area contributed by atoms with Crippen molar-refractivity contribution in [3.8, 4) is 11.5 Å². The van der Waals surface area contributed by atoms with E-state index in [4.69, 9.17) is 15.2 Å². The number of fused-ring (bicyclic) bond motifs is 1. The number of ether oxygens (including phenoxy) is 2. The molecule has 120 valence electrons. The van der Waals surface area contributed by atoms with E-state index in [0.717, 1.165) is 18.4 Å². The predicted octanol–water partition coefficient (Wildman–Crippen LogP) is 2.10. The lowest BCUT2D eigenvalue weighted by Gasteiger charge is -2.27. The number of carbonyl (C=O) groups is 1. The number of nitrogens with two attached hydrogens (primary N) is 1. The van der Waals surface area contributed by atoms with Gasteiger partial charge < -0.3 is 20.5 Å². The number of benzene rings is 1. The maximum absolute atomic E-state index is 12.3. The van der Waals surface area contributed by atoms with E-state index in [-0.39, 0.29) is 18.1 Å². The van der Waals surface area contributed by atoms with Crippen LogP contribution >= 0.6 is 0 Å². The van der Waals surface area contributed by atoms with Gasteiger partial charge in [-0.2, -0.15) is 0 Å². The highest BCUT2D eigenvalue weighted by atomic mass is 16.5. The Morgan fingerprint density at radius 2 is 2.14 bits per heavy atom. The second-order valence-electron chi connectivity index (χ2n) is 5.59. The zero-order valence-corrected chi connectivity index (χ0v) is 13.4. The molecule has 5 nitrogen and oxygen atoms in total. The molecule has 1 aromatic carbocycles. The summed E-state index contributed by atoms with van der Waals surface area (Å²) in [7, 11) is 1.60. The summed E-state index contributed by atoms with van der Waals surface area (Å²) in [6.45, 7) is 4.75. The van der Waals surface area contributed by atoms with Crippen molar-refractivity contribution in [1.82, 2.24) is 5.32 Å². The summed E-state index contributed by atoms with van der Waals surface area (Å²) < 4.78 is 10.9. The number of hydrogen-bond donors (Lipinski definition) is 2. The van der Waals surface area contributed by atoms with Gasteiger partial charge in [-0.3, -0.25) is 4.79 Å². The quantitative estimate of drug-likeness (QED) is 0.844. The van der Waals surface area contributed by atoms with Gasteiger partial charge in [0.2, 0.25) is 0 Å².